The first kappa shape index (κ1) is 20.8. The second kappa shape index (κ2) is 8.11. The van der Waals surface area contributed by atoms with Crippen LogP contribution in [0.3, 0.4) is 0 Å². The van der Waals surface area contributed by atoms with Gasteiger partial charge >= 0.3 is 0 Å². The summed E-state index contributed by atoms with van der Waals surface area (Å²) in [6.07, 6.45) is 8.11. The Bertz CT molecular complexity index is 1070. The summed E-state index contributed by atoms with van der Waals surface area (Å²) in [4.78, 5) is 9.79. The van der Waals surface area contributed by atoms with Crippen LogP contribution < -0.4 is 4.74 Å². The van der Waals surface area contributed by atoms with Crippen LogP contribution in [0.4, 0.5) is 0 Å². The highest BCUT2D eigenvalue weighted by Gasteiger charge is 2.54. The fourth-order valence-corrected chi connectivity index (χ4v) is 6.30. The number of nitrogens with zero attached hydrogens (tertiary/aromatic N) is 3. The fourth-order valence-electron chi connectivity index (χ4n) is 6.30. The van der Waals surface area contributed by atoms with Crippen LogP contribution >= 0.6 is 0 Å². The molecule has 2 saturated carbocycles. The Morgan fingerprint density at radius 2 is 2.03 bits per heavy atom. The maximum absolute atomic E-state index is 10.5. The van der Waals surface area contributed by atoms with E-state index in [1.165, 1.54) is 5.56 Å². The van der Waals surface area contributed by atoms with Gasteiger partial charge in [-0.25, -0.2) is 0 Å². The third-order valence-electron chi connectivity index (χ3n) is 7.94. The lowest BCUT2D eigenvalue weighted by molar-refractivity contribution is 0.103. The zero-order valence-electron chi connectivity index (χ0n) is 18.5. The first-order valence-corrected chi connectivity index (χ1v) is 11.3. The molecule has 0 amide bonds. The molecule has 1 heterocycles. The lowest BCUT2D eigenvalue weighted by atomic mass is 9.55. The third kappa shape index (κ3) is 3.31. The standard InChI is InChI=1S/C25H29N3O4/c1-25-8-5-16-17-13-23(31-2)22(29)12-19(17)21(28-32-14-15-6-9-26-10-7-15)11-18(16)20(25)3-4-24(25)27-30/h6-7,9-10,12-13,16,18,20,29-30H,3-5,8,11,14H2,1-2H3/b27-24+,28-21+/t16?,18-,20?,25+/m1/s1. The van der Waals surface area contributed by atoms with Gasteiger partial charge in [0, 0.05) is 23.4 Å². The molecule has 0 aliphatic heterocycles. The van der Waals surface area contributed by atoms with Crippen LogP contribution in [0.1, 0.15) is 61.6 Å². The zero-order valence-corrected chi connectivity index (χ0v) is 18.5. The number of oxime groups is 2. The smallest absolute Gasteiger partial charge is 0.160 e. The molecule has 0 spiro atoms. The summed E-state index contributed by atoms with van der Waals surface area (Å²) in [5, 5.41) is 28.3. The van der Waals surface area contributed by atoms with E-state index < -0.39 is 0 Å². The van der Waals surface area contributed by atoms with Crippen LogP contribution in [0.25, 0.3) is 0 Å². The topological polar surface area (TPSA) is 96.5 Å². The molecule has 2 unspecified atom stereocenters. The van der Waals surface area contributed by atoms with Crippen LogP contribution in [0.5, 0.6) is 11.5 Å². The van der Waals surface area contributed by atoms with Crippen LogP contribution in [0.15, 0.2) is 47.0 Å². The summed E-state index contributed by atoms with van der Waals surface area (Å²) < 4.78 is 5.43. The second-order valence-electron chi connectivity index (χ2n) is 9.40. The van der Waals surface area contributed by atoms with Gasteiger partial charge in [0.2, 0.25) is 0 Å². The van der Waals surface area contributed by atoms with Crippen molar-refractivity contribution in [3.8, 4) is 11.5 Å². The van der Waals surface area contributed by atoms with Gasteiger partial charge in [0.25, 0.3) is 0 Å². The number of ether oxygens (including phenoxy) is 1. The number of phenolic OH excluding ortho intramolecular Hbond substituents is 1. The van der Waals surface area contributed by atoms with Crippen molar-refractivity contribution in [2.45, 2.75) is 51.6 Å². The van der Waals surface area contributed by atoms with Crippen molar-refractivity contribution < 1.29 is 19.9 Å². The Kier molecular flexibility index (Phi) is 5.27. The number of pyridine rings is 1. The molecule has 2 fully saturated rings. The molecule has 168 valence electrons. The van der Waals surface area contributed by atoms with E-state index in [0.717, 1.165) is 54.7 Å². The molecule has 2 aromatic rings. The van der Waals surface area contributed by atoms with E-state index in [9.17, 15) is 10.3 Å². The SMILES string of the molecule is COc1cc2c(cc1O)/C(=N/OCc1ccncc1)C[C@@H]1C2CC[C@]2(C)/C(=N/O)CCC12. The molecule has 5 rings (SSSR count). The Labute approximate surface area is 187 Å². The van der Waals surface area contributed by atoms with E-state index in [4.69, 9.17) is 9.57 Å². The van der Waals surface area contributed by atoms with Crippen LogP contribution in [0, 0.1) is 17.3 Å². The molecule has 7 nitrogen and oxygen atoms in total. The van der Waals surface area contributed by atoms with Crippen molar-refractivity contribution in [1.29, 1.82) is 0 Å². The summed E-state index contributed by atoms with van der Waals surface area (Å²) in [5.41, 5.74) is 4.82. The zero-order chi connectivity index (χ0) is 22.3. The Balaban J connectivity index is 1.52. The summed E-state index contributed by atoms with van der Waals surface area (Å²) in [5.74, 6) is 1.75. The summed E-state index contributed by atoms with van der Waals surface area (Å²) in [6.45, 7) is 2.61. The van der Waals surface area contributed by atoms with Gasteiger partial charge in [-0.1, -0.05) is 17.2 Å². The van der Waals surface area contributed by atoms with Gasteiger partial charge in [-0.15, -0.1) is 0 Å². The maximum Gasteiger partial charge on any atom is 0.160 e. The lowest BCUT2D eigenvalue weighted by Gasteiger charge is -2.48. The molecule has 0 bridgehead atoms. The normalized spacial score (nSPS) is 31.1. The first-order valence-electron chi connectivity index (χ1n) is 11.3. The van der Waals surface area contributed by atoms with Gasteiger partial charge in [-0.05, 0) is 85.3 Å². The van der Waals surface area contributed by atoms with E-state index in [2.05, 4.69) is 22.2 Å². The van der Waals surface area contributed by atoms with Crippen molar-refractivity contribution in [3.05, 3.63) is 53.3 Å². The largest absolute Gasteiger partial charge is 0.504 e. The fraction of sp³-hybridized carbons (Fsp3) is 0.480. The summed E-state index contributed by atoms with van der Waals surface area (Å²) >= 11 is 0. The molecule has 2 N–H and O–H groups in total. The monoisotopic (exact) mass is 435 g/mol. The molecule has 3 aliphatic carbocycles. The number of aromatic nitrogens is 1. The third-order valence-corrected chi connectivity index (χ3v) is 7.94. The van der Waals surface area contributed by atoms with Crippen LogP contribution in [0.2, 0.25) is 0 Å². The van der Waals surface area contributed by atoms with E-state index in [-0.39, 0.29) is 11.2 Å². The summed E-state index contributed by atoms with van der Waals surface area (Å²) in [7, 11) is 1.58. The predicted molar refractivity (Wildman–Crippen MR) is 120 cm³/mol. The minimum absolute atomic E-state index is 0.0720. The quantitative estimate of drug-likeness (QED) is 0.528. The minimum Gasteiger partial charge on any atom is -0.504 e. The van der Waals surface area contributed by atoms with Crippen molar-refractivity contribution >= 4 is 11.4 Å². The van der Waals surface area contributed by atoms with Gasteiger partial charge in [0.1, 0.15) is 6.61 Å². The molecule has 0 saturated heterocycles. The van der Waals surface area contributed by atoms with Gasteiger partial charge in [0.05, 0.1) is 18.5 Å². The van der Waals surface area contributed by atoms with Gasteiger partial charge in [-0.3, -0.25) is 4.98 Å². The minimum atomic E-state index is -0.0720. The molecule has 32 heavy (non-hydrogen) atoms. The number of methoxy groups -OCH3 is 1. The first-order chi connectivity index (χ1) is 15.5. The van der Waals surface area contributed by atoms with Gasteiger partial charge in [0.15, 0.2) is 11.5 Å². The number of hydrogen-bond acceptors (Lipinski definition) is 7. The van der Waals surface area contributed by atoms with E-state index in [0.29, 0.717) is 30.1 Å². The van der Waals surface area contributed by atoms with Gasteiger partial charge < -0.3 is 19.9 Å². The Morgan fingerprint density at radius 3 is 2.78 bits per heavy atom. The Morgan fingerprint density at radius 1 is 1.22 bits per heavy atom. The molecule has 0 radical (unpaired) electrons. The molecule has 3 aliphatic rings. The predicted octanol–water partition coefficient (Wildman–Crippen LogP) is 4.86. The van der Waals surface area contributed by atoms with Crippen molar-refractivity contribution in [1.82, 2.24) is 4.98 Å². The average Bonchev–Trinajstić information content (AvgIpc) is 3.16. The van der Waals surface area contributed by atoms with E-state index >= 15 is 0 Å². The van der Waals surface area contributed by atoms with E-state index in [1.54, 1.807) is 25.6 Å². The van der Waals surface area contributed by atoms with Crippen LogP contribution in [-0.2, 0) is 11.4 Å². The number of rotatable bonds is 4. The lowest BCUT2D eigenvalue weighted by Crippen LogP contribution is -2.43. The second-order valence-corrected chi connectivity index (χ2v) is 9.40. The van der Waals surface area contributed by atoms with E-state index in [1.807, 2.05) is 18.2 Å². The van der Waals surface area contributed by atoms with Crippen molar-refractivity contribution in [2.75, 3.05) is 7.11 Å². The van der Waals surface area contributed by atoms with Crippen LogP contribution in [-0.4, -0.2) is 33.8 Å². The molecule has 4 atom stereocenters. The highest BCUT2D eigenvalue weighted by atomic mass is 16.6. The highest BCUT2D eigenvalue weighted by Crippen LogP contribution is 2.60. The molecule has 1 aromatic heterocycles. The number of hydrogen-bond donors (Lipinski definition) is 2. The molecular formula is C25H29N3O4. The van der Waals surface area contributed by atoms with Crippen molar-refractivity contribution in [3.63, 3.8) is 0 Å². The Hall–Kier alpha value is -3.09. The molecular weight excluding hydrogens is 406 g/mol. The number of fused-ring (bicyclic) bond motifs is 5. The molecule has 1 aromatic carbocycles. The average molecular weight is 436 g/mol. The number of aromatic hydroxyl groups is 1. The number of phenols is 1. The number of benzene rings is 1. The van der Waals surface area contributed by atoms with Crippen molar-refractivity contribution in [2.24, 2.45) is 27.6 Å². The molecule has 7 heteroatoms. The maximum atomic E-state index is 10.5. The summed E-state index contributed by atoms with van der Waals surface area (Å²) in [6, 6.07) is 7.55. The van der Waals surface area contributed by atoms with Gasteiger partial charge in [-0.2, -0.15) is 0 Å². The highest BCUT2D eigenvalue weighted by molar-refractivity contribution is 6.04.